The molecule has 2 atom stereocenters. The second kappa shape index (κ2) is 6.38. The fraction of sp³-hybridized carbons (Fsp3) is 0.909. The summed E-state index contributed by atoms with van der Waals surface area (Å²) >= 11 is 0. The molecule has 0 saturated heterocycles. The largest absolute Gasteiger partial charge is 0.411 e. The van der Waals surface area contributed by atoms with Crippen molar-refractivity contribution in [3.05, 3.63) is 0 Å². The van der Waals surface area contributed by atoms with Crippen molar-refractivity contribution in [3.63, 3.8) is 0 Å². The van der Waals surface area contributed by atoms with Gasteiger partial charge in [-0.05, 0) is 24.9 Å². The molecule has 90 valence electrons. The van der Waals surface area contributed by atoms with Gasteiger partial charge < -0.3 is 9.22 Å². The predicted molar refractivity (Wildman–Crippen MR) is 63.4 cm³/mol. The molecule has 2 nitrogen and oxygen atoms in total. The maximum atomic E-state index is 13.6. The van der Waals surface area contributed by atoms with Crippen LogP contribution in [0, 0.1) is 5.41 Å². The third-order valence-electron chi connectivity index (χ3n) is 1.92. The number of aldehydes is 1. The van der Waals surface area contributed by atoms with Gasteiger partial charge in [-0.2, -0.15) is 0 Å². The lowest BCUT2D eigenvalue weighted by Gasteiger charge is -2.23. The molecule has 0 aromatic carbocycles. The summed E-state index contributed by atoms with van der Waals surface area (Å²) in [6.45, 7) is 9.94. The van der Waals surface area contributed by atoms with E-state index in [-0.39, 0.29) is 11.8 Å². The highest BCUT2D eigenvalue weighted by Crippen LogP contribution is 2.24. The molecule has 0 aliphatic rings. The van der Waals surface area contributed by atoms with Crippen LogP contribution in [0.15, 0.2) is 0 Å². The zero-order valence-corrected chi connectivity index (χ0v) is 11.6. The summed E-state index contributed by atoms with van der Waals surface area (Å²) in [6.07, 6.45) is -0.101. The molecule has 0 heterocycles. The van der Waals surface area contributed by atoms with Crippen molar-refractivity contribution in [2.45, 2.75) is 59.0 Å². The van der Waals surface area contributed by atoms with Gasteiger partial charge in [0.2, 0.25) is 0 Å². The Hall–Kier alpha value is -0.223. The van der Waals surface area contributed by atoms with Crippen LogP contribution in [-0.4, -0.2) is 27.6 Å². The lowest BCUT2D eigenvalue weighted by Crippen LogP contribution is -2.27. The zero-order chi connectivity index (χ0) is 12.1. The van der Waals surface area contributed by atoms with Gasteiger partial charge in [0.15, 0.2) is 9.04 Å². The van der Waals surface area contributed by atoms with Gasteiger partial charge in [0, 0.05) is 6.42 Å². The Balaban J connectivity index is 4.01. The van der Waals surface area contributed by atoms with Crippen molar-refractivity contribution >= 4 is 15.3 Å². The van der Waals surface area contributed by atoms with Crippen LogP contribution >= 0.6 is 0 Å². The summed E-state index contributed by atoms with van der Waals surface area (Å²) in [5, 5.41) is 0. The van der Waals surface area contributed by atoms with E-state index in [2.05, 4.69) is 0 Å². The minimum atomic E-state index is -1.26. The quantitative estimate of drug-likeness (QED) is 0.522. The third kappa shape index (κ3) is 8.75. The van der Waals surface area contributed by atoms with Crippen LogP contribution in [0.25, 0.3) is 0 Å². The van der Waals surface area contributed by atoms with Crippen molar-refractivity contribution in [3.8, 4) is 0 Å². The minimum Gasteiger partial charge on any atom is -0.411 e. The van der Waals surface area contributed by atoms with Gasteiger partial charge in [-0.25, -0.2) is 4.39 Å². The highest BCUT2D eigenvalue weighted by molar-refractivity contribution is 6.48. The molecule has 0 N–H and O–H groups in total. The molecule has 0 unspecified atom stereocenters. The number of alkyl halides is 1. The van der Waals surface area contributed by atoms with E-state index in [0.717, 1.165) is 6.29 Å². The lowest BCUT2D eigenvalue weighted by molar-refractivity contribution is -0.114. The summed E-state index contributed by atoms with van der Waals surface area (Å²) in [7, 11) is -1.26. The number of hydrogen-bond acceptors (Lipinski definition) is 2. The first-order valence-electron chi connectivity index (χ1n) is 5.49. The summed E-state index contributed by atoms with van der Waals surface area (Å²) in [5.41, 5.74) is -0.0396. The van der Waals surface area contributed by atoms with E-state index in [1.165, 1.54) is 0 Å². The molecular weight excluding hydrogens is 211 g/mol. The fourth-order valence-electron chi connectivity index (χ4n) is 1.49. The Morgan fingerprint density at radius 3 is 2.27 bits per heavy atom. The van der Waals surface area contributed by atoms with Crippen LogP contribution in [0.3, 0.4) is 0 Å². The van der Waals surface area contributed by atoms with Crippen molar-refractivity contribution in [2.75, 3.05) is 0 Å². The summed E-state index contributed by atoms with van der Waals surface area (Å²) in [6, 6.07) is 0. The van der Waals surface area contributed by atoms with Crippen LogP contribution in [0.2, 0.25) is 13.1 Å². The second-order valence-electron chi connectivity index (χ2n) is 5.46. The van der Waals surface area contributed by atoms with E-state index in [0.29, 0.717) is 6.42 Å². The molecule has 0 saturated carbocycles. The first kappa shape index (κ1) is 14.8. The van der Waals surface area contributed by atoms with Crippen molar-refractivity contribution < 1.29 is 13.6 Å². The molecule has 0 aliphatic heterocycles. The van der Waals surface area contributed by atoms with Crippen molar-refractivity contribution in [2.24, 2.45) is 5.41 Å². The number of rotatable bonds is 6. The van der Waals surface area contributed by atoms with Gasteiger partial charge in [-0.15, -0.1) is 0 Å². The average molecular weight is 234 g/mol. The molecule has 0 spiro atoms. The number of halogens is 1. The molecule has 0 aromatic heterocycles. The van der Waals surface area contributed by atoms with E-state index in [4.69, 9.17) is 4.43 Å². The smallest absolute Gasteiger partial charge is 0.171 e. The molecule has 15 heavy (non-hydrogen) atoms. The van der Waals surface area contributed by atoms with Gasteiger partial charge >= 0.3 is 0 Å². The normalized spacial score (nSPS) is 16.5. The summed E-state index contributed by atoms with van der Waals surface area (Å²) in [5.74, 6) is 0. The minimum absolute atomic E-state index is 0.0396. The number of carbonyl (C=O) groups is 1. The Morgan fingerprint density at radius 1 is 1.40 bits per heavy atom. The zero-order valence-electron chi connectivity index (χ0n) is 10.4. The van der Waals surface area contributed by atoms with Gasteiger partial charge in [0.1, 0.15) is 18.6 Å². The predicted octanol–water partition coefficient (Wildman–Crippen LogP) is 2.72. The van der Waals surface area contributed by atoms with Crippen LogP contribution in [-0.2, 0) is 9.22 Å². The SMILES string of the molecule is C[SiH](C)O[C@@H](C=O)C[C@@H](F)CC(C)(C)C. The van der Waals surface area contributed by atoms with Gasteiger partial charge in [-0.3, -0.25) is 0 Å². The third-order valence-corrected chi connectivity index (χ3v) is 2.81. The molecule has 0 radical (unpaired) electrons. The second-order valence-corrected chi connectivity index (χ2v) is 7.83. The van der Waals surface area contributed by atoms with Gasteiger partial charge in [0.05, 0.1) is 0 Å². The molecular formula is C11H23FO2Si. The maximum Gasteiger partial charge on any atom is 0.171 e. The molecule has 0 rings (SSSR count). The lowest BCUT2D eigenvalue weighted by atomic mass is 9.88. The fourth-order valence-corrected chi connectivity index (χ4v) is 2.37. The topological polar surface area (TPSA) is 26.3 Å². The van der Waals surface area contributed by atoms with Crippen LogP contribution in [0.4, 0.5) is 4.39 Å². The highest BCUT2D eigenvalue weighted by atomic mass is 28.3. The van der Waals surface area contributed by atoms with E-state index >= 15 is 0 Å². The Kier molecular flexibility index (Phi) is 6.28. The Bertz CT molecular complexity index is 190. The van der Waals surface area contributed by atoms with Crippen molar-refractivity contribution in [1.29, 1.82) is 0 Å². The van der Waals surface area contributed by atoms with E-state index in [1.54, 1.807) is 0 Å². The Labute approximate surface area is 93.9 Å². The van der Waals surface area contributed by atoms with Crippen molar-refractivity contribution in [1.82, 2.24) is 0 Å². The number of carbonyl (C=O) groups excluding carboxylic acids is 1. The van der Waals surface area contributed by atoms with Gasteiger partial charge in [-0.1, -0.05) is 20.8 Å². The van der Waals surface area contributed by atoms with E-state index in [1.807, 2.05) is 33.9 Å². The van der Waals surface area contributed by atoms with Crippen LogP contribution in [0.5, 0.6) is 0 Å². The standard InChI is InChI=1S/C11H23FO2Si/c1-11(2,3)7-9(12)6-10(8-13)14-15(4)5/h8-10,15H,6-7H2,1-5H3/t9-,10-/m1/s1. The maximum absolute atomic E-state index is 13.6. The molecule has 0 aromatic rings. The molecule has 4 heteroatoms. The monoisotopic (exact) mass is 234 g/mol. The van der Waals surface area contributed by atoms with E-state index in [9.17, 15) is 9.18 Å². The molecule has 0 fully saturated rings. The Morgan fingerprint density at radius 2 is 1.93 bits per heavy atom. The highest BCUT2D eigenvalue weighted by Gasteiger charge is 2.22. The first-order valence-corrected chi connectivity index (χ1v) is 8.27. The van der Waals surface area contributed by atoms with Gasteiger partial charge in [0.25, 0.3) is 0 Å². The molecule has 0 amide bonds. The number of hydrogen-bond donors (Lipinski definition) is 0. The van der Waals surface area contributed by atoms with E-state index < -0.39 is 21.3 Å². The first-order chi connectivity index (χ1) is 6.74. The van der Waals surface area contributed by atoms with Crippen LogP contribution < -0.4 is 0 Å². The summed E-state index contributed by atoms with van der Waals surface area (Å²) in [4.78, 5) is 10.7. The molecule has 0 bridgehead atoms. The summed E-state index contributed by atoms with van der Waals surface area (Å²) < 4.78 is 19.0. The average Bonchev–Trinajstić information content (AvgIpc) is 1.98. The van der Waals surface area contributed by atoms with Crippen LogP contribution in [0.1, 0.15) is 33.6 Å². The molecule has 0 aliphatic carbocycles.